The number of halogens is 3. The lowest BCUT2D eigenvalue weighted by Gasteiger charge is -2.11. The molecule has 1 atom stereocenters. The second kappa shape index (κ2) is 5.80. The van der Waals surface area contributed by atoms with Crippen LogP contribution in [-0.4, -0.2) is 0 Å². The van der Waals surface area contributed by atoms with E-state index >= 15 is 0 Å². The van der Waals surface area contributed by atoms with Crippen LogP contribution in [0.25, 0.3) is 10.8 Å². The first kappa shape index (κ1) is 14.6. The molecule has 0 amide bonds. The summed E-state index contributed by atoms with van der Waals surface area (Å²) in [5.41, 5.74) is 2.31. The fraction of sp³-hybridized carbons (Fsp3) is 0.125. The van der Waals surface area contributed by atoms with Crippen molar-refractivity contribution in [3.63, 3.8) is 0 Å². The van der Waals surface area contributed by atoms with Crippen LogP contribution in [0.4, 0.5) is 0 Å². The van der Waals surface area contributed by atoms with Gasteiger partial charge in [-0.3, -0.25) is 0 Å². The highest BCUT2D eigenvalue weighted by atomic mass is 79.9. The van der Waals surface area contributed by atoms with Gasteiger partial charge >= 0.3 is 0 Å². The predicted molar refractivity (Wildman–Crippen MR) is 96.1 cm³/mol. The van der Waals surface area contributed by atoms with Gasteiger partial charge in [-0.05, 0) is 69.0 Å². The Kier molecular flexibility index (Phi) is 4.23. The molecule has 0 nitrogen and oxygen atoms in total. The van der Waals surface area contributed by atoms with Gasteiger partial charge in [-0.15, -0.1) is 22.9 Å². The van der Waals surface area contributed by atoms with Gasteiger partial charge in [0, 0.05) is 9.35 Å². The van der Waals surface area contributed by atoms with E-state index in [1.807, 2.05) is 0 Å². The monoisotopic (exact) mass is 428 g/mol. The molecule has 1 unspecified atom stereocenters. The van der Waals surface area contributed by atoms with E-state index in [0.717, 1.165) is 13.8 Å². The minimum Gasteiger partial charge on any atom is -0.133 e. The summed E-state index contributed by atoms with van der Waals surface area (Å²) < 4.78 is 2.22. The number of thiophene rings is 1. The zero-order valence-corrected chi connectivity index (χ0v) is 15.4. The van der Waals surface area contributed by atoms with Crippen molar-refractivity contribution in [2.75, 3.05) is 0 Å². The molecule has 4 heteroatoms. The Bertz CT molecular complexity index is 779. The number of hydrogen-bond donors (Lipinski definition) is 0. The maximum atomic E-state index is 6.66. The van der Waals surface area contributed by atoms with Crippen molar-refractivity contribution in [1.29, 1.82) is 0 Å². The van der Waals surface area contributed by atoms with Crippen molar-refractivity contribution in [3.8, 4) is 0 Å². The molecule has 3 aromatic rings. The van der Waals surface area contributed by atoms with Crippen LogP contribution in [0.2, 0.25) is 0 Å². The Morgan fingerprint density at radius 2 is 1.70 bits per heavy atom. The molecule has 0 aliphatic rings. The molecule has 0 N–H and O–H groups in total. The van der Waals surface area contributed by atoms with Crippen molar-refractivity contribution >= 4 is 65.6 Å². The maximum absolute atomic E-state index is 6.66. The Morgan fingerprint density at radius 3 is 2.40 bits per heavy atom. The Balaban J connectivity index is 2.05. The zero-order chi connectivity index (χ0) is 14.3. The van der Waals surface area contributed by atoms with Gasteiger partial charge in [-0.25, -0.2) is 0 Å². The number of aryl methyl sites for hydroxylation is 1. The second-order valence-corrected chi connectivity index (χ2v) is 8.66. The summed E-state index contributed by atoms with van der Waals surface area (Å²) in [5.74, 6) is 0. The number of alkyl halides is 1. The Hall–Kier alpha value is -0.350. The first-order chi connectivity index (χ1) is 9.54. The molecule has 1 aromatic heterocycles. The summed E-state index contributed by atoms with van der Waals surface area (Å²) in [5, 5.41) is 2.32. The summed E-state index contributed by atoms with van der Waals surface area (Å²) in [4.78, 5) is 1.26. The van der Waals surface area contributed by atoms with E-state index in [0.29, 0.717) is 0 Å². The minimum absolute atomic E-state index is 0.106. The third-order valence-electron chi connectivity index (χ3n) is 3.32. The van der Waals surface area contributed by atoms with Crippen LogP contribution in [-0.2, 0) is 0 Å². The molecule has 0 bridgehead atoms. The minimum atomic E-state index is -0.106. The normalized spacial score (nSPS) is 12.8. The summed E-state index contributed by atoms with van der Waals surface area (Å²) in [6.07, 6.45) is 0. The smallest absolute Gasteiger partial charge is 0.0846 e. The van der Waals surface area contributed by atoms with Gasteiger partial charge < -0.3 is 0 Å². The van der Waals surface area contributed by atoms with Gasteiger partial charge in [0.1, 0.15) is 0 Å². The van der Waals surface area contributed by atoms with Crippen molar-refractivity contribution in [3.05, 3.63) is 66.7 Å². The molecule has 0 saturated carbocycles. The largest absolute Gasteiger partial charge is 0.133 e. The van der Waals surface area contributed by atoms with Crippen molar-refractivity contribution < 1.29 is 0 Å². The average Bonchev–Trinajstić information content (AvgIpc) is 2.76. The molecular formula is C16H11Br2ClS. The maximum Gasteiger partial charge on any atom is 0.0846 e. The molecular weight excluding hydrogens is 420 g/mol. The molecule has 0 aliphatic heterocycles. The fourth-order valence-corrected chi connectivity index (χ4v) is 4.84. The lowest BCUT2D eigenvalue weighted by molar-refractivity contribution is 1.14. The predicted octanol–water partition coefficient (Wildman–Crippen LogP) is 7.06. The first-order valence-corrected chi connectivity index (χ1v) is 8.97. The van der Waals surface area contributed by atoms with E-state index in [2.05, 4.69) is 81.2 Å². The summed E-state index contributed by atoms with van der Waals surface area (Å²) >= 11 is 15.4. The van der Waals surface area contributed by atoms with Crippen molar-refractivity contribution in [2.45, 2.75) is 12.3 Å². The highest BCUT2D eigenvalue weighted by molar-refractivity contribution is 9.11. The summed E-state index contributed by atoms with van der Waals surface area (Å²) in [6, 6.07) is 14.8. The van der Waals surface area contributed by atoms with Crippen LogP contribution < -0.4 is 0 Å². The van der Waals surface area contributed by atoms with E-state index < -0.39 is 0 Å². The molecule has 0 aliphatic carbocycles. The number of fused-ring (bicyclic) bond motifs is 1. The number of hydrogen-bond acceptors (Lipinski definition) is 1. The standard InChI is InChI=1S/C16H11Br2ClS/c1-9-14(8-15(18)20-9)16(19)12-3-2-11-7-13(17)5-4-10(11)6-12/h2-8,16H,1H3. The van der Waals surface area contributed by atoms with Gasteiger partial charge in [-0.1, -0.05) is 34.1 Å². The van der Waals surface area contributed by atoms with Crippen LogP contribution in [0.1, 0.15) is 21.4 Å². The molecule has 0 radical (unpaired) electrons. The Morgan fingerprint density at radius 1 is 1.00 bits per heavy atom. The van der Waals surface area contributed by atoms with Gasteiger partial charge in [0.2, 0.25) is 0 Å². The van der Waals surface area contributed by atoms with Crippen LogP contribution in [0.3, 0.4) is 0 Å². The summed E-state index contributed by atoms with van der Waals surface area (Å²) in [6.45, 7) is 2.11. The van der Waals surface area contributed by atoms with E-state index in [9.17, 15) is 0 Å². The summed E-state index contributed by atoms with van der Waals surface area (Å²) in [7, 11) is 0. The SMILES string of the molecule is Cc1sc(Br)cc1C(Cl)c1ccc2cc(Br)ccc2c1. The van der Waals surface area contributed by atoms with E-state index in [1.54, 1.807) is 11.3 Å². The quantitative estimate of drug-likeness (QED) is 0.382. The Labute approximate surface area is 144 Å². The molecule has 3 rings (SSSR count). The average molecular weight is 431 g/mol. The fourth-order valence-electron chi connectivity index (χ4n) is 2.28. The third-order valence-corrected chi connectivity index (χ3v) is 5.87. The molecule has 2 aromatic carbocycles. The molecule has 0 spiro atoms. The van der Waals surface area contributed by atoms with E-state index in [1.165, 1.54) is 21.2 Å². The van der Waals surface area contributed by atoms with Crippen LogP contribution in [0, 0.1) is 6.92 Å². The van der Waals surface area contributed by atoms with Gasteiger partial charge in [-0.2, -0.15) is 0 Å². The molecule has 102 valence electrons. The van der Waals surface area contributed by atoms with E-state index in [-0.39, 0.29) is 5.38 Å². The molecule has 20 heavy (non-hydrogen) atoms. The van der Waals surface area contributed by atoms with Crippen molar-refractivity contribution in [2.24, 2.45) is 0 Å². The van der Waals surface area contributed by atoms with Crippen molar-refractivity contribution in [1.82, 2.24) is 0 Å². The highest BCUT2D eigenvalue weighted by Crippen LogP contribution is 2.38. The van der Waals surface area contributed by atoms with Crippen LogP contribution >= 0.6 is 54.8 Å². The van der Waals surface area contributed by atoms with Crippen LogP contribution in [0.5, 0.6) is 0 Å². The lowest BCUT2D eigenvalue weighted by Crippen LogP contribution is -1.93. The molecule has 1 heterocycles. The molecule has 0 fully saturated rings. The third kappa shape index (κ3) is 2.82. The first-order valence-electron chi connectivity index (χ1n) is 6.14. The number of benzene rings is 2. The topological polar surface area (TPSA) is 0 Å². The van der Waals surface area contributed by atoms with Gasteiger partial charge in [0.25, 0.3) is 0 Å². The number of rotatable bonds is 2. The second-order valence-electron chi connectivity index (χ2n) is 4.68. The highest BCUT2D eigenvalue weighted by Gasteiger charge is 2.16. The zero-order valence-electron chi connectivity index (χ0n) is 10.7. The lowest BCUT2D eigenvalue weighted by atomic mass is 10.0. The molecule has 0 saturated heterocycles. The van der Waals surface area contributed by atoms with E-state index in [4.69, 9.17) is 11.6 Å². The van der Waals surface area contributed by atoms with Gasteiger partial charge in [0.15, 0.2) is 0 Å². The van der Waals surface area contributed by atoms with Gasteiger partial charge in [0.05, 0.1) is 9.16 Å². The van der Waals surface area contributed by atoms with Crippen LogP contribution in [0.15, 0.2) is 50.7 Å².